The average molecular weight is 468 g/mol. The molecular weight excluding hydrogens is 430 g/mol. The standard InChI is InChI=1S/C27H37N3O4/c1-18(2)28-27(33)29(5)15-25-19(3)14-30(20(4)16-31)26(32)24-13-9-8-12-23(24)22-11-7-6-10-21(22)17-34-25/h6-13,18-20,25,31H,14-17H2,1-5H3,(H,28,33)/t19-,20-,25-/m0/s1. The maximum absolute atomic E-state index is 13.8. The molecule has 0 radical (unpaired) electrons. The van der Waals surface area contributed by atoms with Gasteiger partial charge in [-0.1, -0.05) is 49.4 Å². The fourth-order valence-electron chi connectivity index (χ4n) is 4.26. The van der Waals surface area contributed by atoms with Gasteiger partial charge in [0, 0.05) is 37.7 Å². The average Bonchev–Trinajstić information content (AvgIpc) is 2.84. The lowest BCUT2D eigenvalue weighted by molar-refractivity contribution is -0.0185. The van der Waals surface area contributed by atoms with Crippen molar-refractivity contribution in [2.45, 2.75) is 52.5 Å². The van der Waals surface area contributed by atoms with Gasteiger partial charge in [0.15, 0.2) is 0 Å². The van der Waals surface area contributed by atoms with Crippen LogP contribution in [0.15, 0.2) is 48.5 Å². The maximum atomic E-state index is 13.8. The summed E-state index contributed by atoms with van der Waals surface area (Å²) < 4.78 is 6.43. The van der Waals surface area contributed by atoms with E-state index in [9.17, 15) is 14.7 Å². The molecule has 0 saturated carbocycles. The molecular formula is C27H37N3O4. The van der Waals surface area contributed by atoms with Crippen molar-refractivity contribution in [2.75, 3.05) is 26.7 Å². The van der Waals surface area contributed by atoms with Gasteiger partial charge in [-0.15, -0.1) is 0 Å². The van der Waals surface area contributed by atoms with Crippen LogP contribution in [0.4, 0.5) is 4.79 Å². The number of rotatable bonds is 5. The number of amides is 3. The van der Waals surface area contributed by atoms with Crippen LogP contribution in [-0.2, 0) is 11.3 Å². The smallest absolute Gasteiger partial charge is 0.317 e. The topological polar surface area (TPSA) is 82.1 Å². The molecule has 7 heteroatoms. The summed E-state index contributed by atoms with van der Waals surface area (Å²) in [6, 6.07) is 15.0. The molecule has 1 aliphatic heterocycles. The Morgan fingerprint density at radius 2 is 1.74 bits per heavy atom. The highest BCUT2D eigenvalue weighted by Gasteiger charge is 2.31. The number of carbonyl (C=O) groups excluding carboxylic acids is 2. The predicted octanol–water partition coefficient (Wildman–Crippen LogP) is 3.76. The van der Waals surface area contributed by atoms with Gasteiger partial charge in [-0.2, -0.15) is 0 Å². The van der Waals surface area contributed by atoms with Crippen LogP contribution in [0.25, 0.3) is 11.1 Å². The van der Waals surface area contributed by atoms with Crippen LogP contribution in [0.3, 0.4) is 0 Å². The van der Waals surface area contributed by atoms with E-state index < -0.39 is 0 Å². The highest BCUT2D eigenvalue weighted by Crippen LogP contribution is 2.31. The van der Waals surface area contributed by atoms with Gasteiger partial charge in [-0.3, -0.25) is 4.79 Å². The van der Waals surface area contributed by atoms with E-state index in [1.54, 1.807) is 16.8 Å². The second-order valence-electron chi connectivity index (χ2n) is 9.50. The van der Waals surface area contributed by atoms with E-state index in [1.165, 1.54) is 0 Å². The zero-order chi connectivity index (χ0) is 24.8. The van der Waals surface area contributed by atoms with Crippen LogP contribution < -0.4 is 5.32 Å². The Morgan fingerprint density at radius 3 is 2.38 bits per heavy atom. The summed E-state index contributed by atoms with van der Waals surface area (Å²) in [7, 11) is 1.75. The van der Waals surface area contributed by atoms with Crippen molar-refractivity contribution in [3.8, 4) is 11.1 Å². The van der Waals surface area contributed by atoms with Crippen molar-refractivity contribution in [3.63, 3.8) is 0 Å². The first-order valence-electron chi connectivity index (χ1n) is 11.9. The molecule has 0 aliphatic carbocycles. The van der Waals surface area contributed by atoms with E-state index in [4.69, 9.17) is 4.74 Å². The lowest BCUT2D eigenvalue weighted by atomic mass is 9.94. The van der Waals surface area contributed by atoms with Crippen molar-refractivity contribution in [2.24, 2.45) is 5.92 Å². The number of ether oxygens (including phenoxy) is 1. The molecule has 3 atom stereocenters. The minimum absolute atomic E-state index is 0.0322. The number of carbonyl (C=O) groups is 2. The van der Waals surface area contributed by atoms with E-state index in [0.717, 1.165) is 16.7 Å². The van der Waals surface area contributed by atoms with Crippen molar-refractivity contribution >= 4 is 11.9 Å². The molecule has 34 heavy (non-hydrogen) atoms. The number of aliphatic hydroxyl groups excluding tert-OH is 1. The minimum atomic E-state index is -0.360. The van der Waals surface area contributed by atoms with Crippen LogP contribution in [0.2, 0.25) is 0 Å². The Hall–Kier alpha value is -2.90. The number of fused-ring (bicyclic) bond motifs is 3. The van der Waals surface area contributed by atoms with Crippen molar-refractivity contribution < 1.29 is 19.4 Å². The lowest BCUT2D eigenvalue weighted by Gasteiger charge is -2.35. The summed E-state index contributed by atoms with van der Waals surface area (Å²) in [4.78, 5) is 29.7. The zero-order valence-electron chi connectivity index (χ0n) is 20.8. The van der Waals surface area contributed by atoms with Gasteiger partial charge in [0.05, 0.1) is 25.4 Å². The number of urea groups is 1. The molecule has 3 rings (SSSR count). The Bertz CT molecular complexity index is 993. The van der Waals surface area contributed by atoms with Gasteiger partial charge in [0.1, 0.15) is 0 Å². The molecule has 184 valence electrons. The fraction of sp³-hybridized carbons (Fsp3) is 0.481. The number of nitrogens with zero attached hydrogens (tertiary/aromatic N) is 2. The first-order valence-corrected chi connectivity index (χ1v) is 11.9. The predicted molar refractivity (Wildman–Crippen MR) is 134 cm³/mol. The summed E-state index contributed by atoms with van der Waals surface area (Å²) >= 11 is 0. The summed E-state index contributed by atoms with van der Waals surface area (Å²) in [6.45, 7) is 8.72. The van der Waals surface area contributed by atoms with Gasteiger partial charge in [0.25, 0.3) is 5.91 Å². The highest BCUT2D eigenvalue weighted by atomic mass is 16.5. The van der Waals surface area contributed by atoms with E-state index in [0.29, 0.717) is 25.3 Å². The Morgan fingerprint density at radius 1 is 1.12 bits per heavy atom. The molecule has 3 amide bonds. The van der Waals surface area contributed by atoms with Crippen LogP contribution in [0.1, 0.15) is 43.6 Å². The van der Waals surface area contributed by atoms with Gasteiger partial charge < -0.3 is 25.0 Å². The second-order valence-corrected chi connectivity index (χ2v) is 9.50. The van der Waals surface area contributed by atoms with Crippen molar-refractivity contribution in [1.29, 1.82) is 0 Å². The first kappa shape index (κ1) is 25.7. The van der Waals surface area contributed by atoms with Crippen molar-refractivity contribution in [3.05, 3.63) is 59.7 Å². The highest BCUT2D eigenvalue weighted by molar-refractivity contribution is 6.01. The number of aliphatic hydroxyl groups is 1. The summed E-state index contributed by atoms with van der Waals surface area (Å²) in [5, 5.41) is 12.8. The Kier molecular flexibility index (Phi) is 8.69. The number of benzene rings is 2. The molecule has 0 unspecified atom stereocenters. The minimum Gasteiger partial charge on any atom is -0.394 e. The third-order valence-corrected chi connectivity index (χ3v) is 6.31. The Balaban J connectivity index is 2.02. The van der Waals surface area contributed by atoms with Gasteiger partial charge in [-0.25, -0.2) is 4.79 Å². The van der Waals surface area contributed by atoms with Crippen LogP contribution >= 0.6 is 0 Å². The number of nitrogens with one attached hydrogen (secondary N) is 1. The lowest BCUT2D eigenvalue weighted by Crippen LogP contribution is -2.49. The van der Waals surface area contributed by atoms with E-state index >= 15 is 0 Å². The zero-order valence-corrected chi connectivity index (χ0v) is 20.8. The second kappa shape index (κ2) is 11.5. The maximum Gasteiger partial charge on any atom is 0.317 e. The molecule has 2 aromatic rings. The largest absolute Gasteiger partial charge is 0.394 e. The first-order chi connectivity index (χ1) is 16.2. The molecule has 1 aliphatic rings. The molecule has 0 aromatic heterocycles. The van der Waals surface area contributed by atoms with Gasteiger partial charge >= 0.3 is 6.03 Å². The normalized spacial score (nSPS) is 19.6. The quantitative estimate of drug-likeness (QED) is 0.702. The SMILES string of the molecule is CC(C)NC(=O)N(C)C[C@@H]1OCc2ccccc2-c2ccccc2C(=O)N([C@@H](C)CO)C[C@@H]1C. The summed E-state index contributed by atoms with van der Waals surface area (Å²) in [6.07, 6.45) is -0.307. The molecule has 2 N–H and O–H groups in total. The van der Waals surface area contributed by atoms with Crippen LogP contribution in [-0.4, -0.2) is 71.8 Å². The Labute approximate surface area is 202 Å². The molecule has 0 fully saturated rings. The van der Waals surface area contributed by atoms with Gasteiger partial charge in [0.2, 0.25) is 0 Å². The van der Waals surface area contributed by atoms with E-state index in [2.05, 4.69) is 5.32 Å². The summed E-state index contributed by atoms with van der Waals surface area (Å²) in [5.74, 6) is -0.199. The third-order valence-electron chi connectivity index (χ3n) is 6.31. The third kappa shape index (κ3) is 5.96. The van der Waals surface area contributed by atoms with E-state index in [-0.39, 0.29) is 42.7 Å². The number of likely N-dealkylation sites (N-methyl/N-ethyl adjacent to an activating group) is 1. The number of hydrogen-bond acceptors (Lipinski definition) is 4. The molecule has 0 spiro atoms. The monoisotopic (exact) mass is 467 g/mol. The summed E-state index contributed by atoms with van der Waals surface area (Å²) in [5.41, 5.74) is 3.39. The molecule has 1 heterocycles. The van der Waals surface area contributed by atoms with Crippen LogP contribution in [0, 0.1) is 5.92 Å². The molecule has 0 saturated heterocycles. The fourth-order valence-corrected chi connectivity index (χ4v) is 4.26. The van der Waals surface area contributed by atoms with Gasteiger partial charge in [-0.05, 0) is 43.5 Å². The van der Waals surface area contributed by atoms with Crippen molar-refractivity contribution in [1.82, 2.24) is 15.1 Å². The molecule has 7 nitrogen and oxygen atoms in total. The number of hydrogen-bond donors (Lipinski definition) is 2. The molecule has 2 aromatic carbocycles. The van der Waals surface area contributed by atoms with Crippen LogP contribution in [0.5, 0.6) is 0 Å². The molecule has 0 bridgehead atoms. The van der Waals surface area contributed by atoms with E-state index in [1.807, 2.05) is 76.2 Å².